The normalized spacial score (nSPS) is 24.7. The molecule has 2 aliphatic rings. The van der Waals surface area contributed by atoms with E-state index in [1.165, 1.54) is 38.5 Å². The summed E-state index contributed by atoms with van der Waals surface area (Å²) in [4.78, 5) is 4.38. The highest BCUT2D eigenvalue weighted by Crippen LogP contribution is 2.34. The minimum atomic E-state index is 0.268. The number of hydrogen-bond donors (Lipinski definition) is 2. The molecule has 2 aliphatic carbocycles. The van der Waals surface area contributed by atoms with Gasteiger partial charge in [0, 0.05) is 13.2 Å². The van der Waals surface area contributed by atoms with Crippen molar-refractivity contribution in [3.8, 4) is 0 Å². The van der Waals surface area contributed by atoms with Crippen molar-refractivity contribution >= 4 is 5.96 Å². The molecular formula is C12H23N3O. The maximum absolute atomic E-state index is 5.86. The molecule has 0 heterocycles. The van der Waals surface area contributed by atoms with Crippen LogP contribution in [0.15, 0.2) is 4.99 Å². The first-order valence-corrected chi connectivity index (χ1v) is 6.39. The lowest BCUT2D eigenvalue weighted by molar-refractivity contribution is 0.0918. The maximum atomic E-state index is 5.86. The molecule has 3 N–H and O–H groups in total. The summed E-state index contributed by atoms with van der Waals surface area (Å²) >= 11 is 0. The van der Waals surface area contributed by atoms with Gasteiger partial charge in [0.05, 0.1) is 12.6 Å². The number of ether oxygens (including phenoxy) is 1. The number of nitrogens with two attached hydrogens (primary N) is 1. The fourth-order valence-corrected chi connectivity index (χ4v) is 2.40. The van der Waals surface area contributed by atoms with Gasteiger partial charge < -0.3 is 15.8 Å². The summed E-state index contributed by atoms with van der Waals surface area (Å²) in [5, 5.41) is 3.29. The minimum Gasteiger partial charge on any atom is -0.379 e. The Morgan fingerprint density at radius 2 is 2.06 bits per heavy atom. The van der Waals surface area contributed by atoms with E-state index in [1.807, 2.05) is 0 Å². The van der Waals surface area contributed by atoms with Crippen LogP contribution in [-0.2, 0) is 4.74 Å². The lowest BCUT2D eigenvalue weighted by Crippen LogP contribution is -2.39. The zero-order valence-electron chi connectivity index (χ0n) is 10.1. The Morgan fingerprint density at radius 3 is 2.62 bits per heavy atom. The first-order valence-electron chi connectivity index (χ1n) is 6.39. The zero-order valence-corrected chi connectivity index (χ0v) is 10.1. The summed E-state index contributed by atoms with van der Waals surface area (Å²) in [6, 6.07) is 0.547. The SMILES string of the molecule is COC(CN=C(N)NC1CCCC1)C1CC1. The summed E-state index contributed by atoms with van der Waals surface area (Å²) in [6.45, 7) is 0.701. The van der Waals surface area contributed by atoms with Crippen LogP contribution in [0.25, 0.3) is 0 Å². The molecule has 0 saturated heterocycles. The molecule has 0 aromatic carbocycles. The molecule has 1 unspecified atom stereocenters. The summed E-state index contributed by atoms with van der Waals surface area (Å²) in [5.74, 6) is 1.31. The van der Waals surface area contributed by atoms with Crippen LogP contribution in [0, 0.1) is 5.92 Å². The first-order chi connectivity index (χ1) is 7.79. The second kappa shape index (κ2) is 5.53. The largest absolute Gasteiger partial charge is 0.379 e. The maximum Gasteiger partial charge on any atom is 0.188 e. The smallest absolute Gasteiger partial charge is 0.188 e. The second-order valence-corrected chi connectivity index (χ2v) is 4.96. The van der Waals surface area contributed by atoms with Crippen molar-refractivity contribution in [1.82, 2.24) is 5.32 Å². The summed E-state index contributed by atoms with van der Waals surface area (Å²) in [6.07, 6.45) is 7.91. The van der Waals surface area contributed by atoms with E-state index in [0.29, 0.717) is 24.5 Å². The fraction of sp³-hybridized carbons (Fsp3) is 0.917. The molecule has 2 fully saturated rings. The Kier molecular flexibility index (Phi) is 4.04. The van der Waals surface area contributed by atoms with E-state index in [2.05, 4.69) is 10.3 Å². The molecule has 4 heteroatoms. The van der Waals surface area contributed by atoms with Crippen LogP contribution in [0.4, 0.5) is 0 Å². The predicted molar refractivity (Wildman–Crippen MR) is 65.4 cm³/mol. The molecule has 0 aliphatic heterocycles. The van der Waals surface area contributed by atoms with Gasteiger partial charge in [0.25, 0.3) is 0 Å². The zero-order chi connectivity index (χ0) is 11.4. The lowest BCUT2D eigenvalue weighted by atomic mass is 10.2. The third-order valence-corrected chi connectivity index (χ3v) is 3.60. The van der Waals surface area contributed by atoms with Gasteiger partial charge in [-0.2, -0.15) is 0 Å². The minimum absolute atomic E-state index is 0.268. The van der Waals surface area contributed by atoms with E-state index >= 15 is 0 Å². The second-order valence-electron chi connectivity index (χ2n) is 4.96. The molecule has 0 aromatic heterocycles. The van der Waals surface area contributed by atoms with Crippen molar-refractivity contribution < 1.29 is 4.74 Å². The van der Waals surface area contributed by atoms with Gasteiger partial charge in [-0.05, 0) is 31.6 Å². The summed E-state index contributed by atoms with van der Waals surface area (Å²) in [7, 11) is 1.76. The Labute approximate surface area is 97.6 Å². The lowest BCUT2D eigenvalue weighted by Gasteiger charge is -2.15. The first kappa shape index (κ1) is 11.7. The van der Waals surface area contributed by atoms with E-state index in [1.54, 1.807) is 7.11 Å². The quantitative estimate of drug-likeness (QED) is 0.547. The molecule has 0 radical (unpaired) electrons. The van der Waals surface area contributed by atoms with Crippen molar-refractivity contribution in [2.45, 2.75) is 50.7 Å². The average molecular weight is 225 g/mol. The van der Waals surface area contributed by atoms with Crippen LogP contribution in [0.1, 0.15) is 38.5 Å². The highest BCUT2D eigenvalue weighted by atomic mass is 16.5. The highest BCUT2D eigenvalue weighted by Gasteiger charge is 2.31. The van der Waals surface area contributed by atoms with Crippen LogP contribution < -0.4 is 11.1 Å². The standard InChI is InChI=1S/C12H23N3O/c1-16-11(9-6-7-9)8-14-12(13)15-10-4-2-3-5-10/h9-11H,2-8H2,1H3,(H3,13,14,15). The number of guanidine groups is 1. The van der Waals surface area contributed by atoms with Gasteiger partial charge in [0.1, 0.15) is 0 Å². The van der Waals surface area contributed by atoms with Gasteiger partial charge in [-0.15, -0.1) is 0 Å². The molecule has 0 aromatic rings. The van der Waals surface area contributed by atoms with Crippen LogP contribution in [0.2, 0.25) is 0 Å². The van der Waals surface area contributed by atoms with Gasteiger partial charge in [-0.25, -0.2) is 0 Å². The predicted octanol–water partition coefficient (Wildman–Crippen LogP) is 1.26. The van der Waals surface area contributed by atoms with Gasteiger partial charge in [0.15, 0.2) is 5.96 Å². The number of rotatable bonds is 5. The van der Waals surface area contributed by atoms with Crippen molar-refractivity contribution in [2.24, 2.45) is 16.6 Å². The third kappa shape index (κ3) is 3.37. The molecule has 2 rings (SSSR count). The van der Waals surface area contributed by atoms with Gasteiger partial charge in [-0.1, -0.05) is 12.8 Å². The fourth-order valence-electron chi connectivity index (χ4n) is 2.40. The van der Waals surface area contributed by atoms with E-state index in [0.717, 1.165) is 0 Å². The Morgan fingerprint density at radius 1 is 1.38 bits per heavy atom. The molecule has 0 amide bonds. The van der Waals surface area contributed by atoms with Crippen LogP contribution in [0.3, 0.4) is 0 Å². The highest BCUT2D eigenvalue weighted by molar-refractivity contribution is 5.78. The molecule has 4 nitrogen and oxygen atoms in total. The Bertz CT molecular complexity index is 245. The van der Waals surface area contributed by atoms with Crippen molar-refractivity contribution in [2.75, 3.05) is 13.7 Å². The summed E-state index contributed by atoms with van der Waals surface area (Å²) < 4.78 is 5.40. The van der Waals surface area contributed by atoms with Crippen LogP contribution >= 0.6 is 0 Å². The van der Waals surface area contributed by atoms with Gasteiger partial charge in [0.2, 0.25) is 0 Å². The summed E-state index contributed by atoms with van der Waals surface area (Å²) in [5.41, 5.74) is 5.86. The van der Waals surface area contributed by atoms with Crippen LogP contribution in [0.5, 0.6) is 0 Å². The molecule has 0 spiro atoms. The van der Waals surface area contributed by atoms with E-state index in [9.17, 15) is 0 Å². The molecule has 2 saturated carbocycles. The van der Waals surface area contributed by atoms with Crippen molar-refractivity contribution in [3.05, 3.63) is 0 Å². The van der Waals surface area contributed by atoms with Crippen molar-refractivity contribution in [3.63, 3.8) is 0 Å². The molecule has 92 valence electrons. The number of nitrogens with zero attached hydrogens (tertiary/aromatic N) is 1. The number of methoxy groups -OCH3 is 1. The molecule has 0 bridgehead atoms. The molecule has 16 heavy (non-hydrogen) atoms. The number of nitrogens with one attached hydrogen (secondary N) is 1. The molecular weight excluding hydrogens is 202 g/mol. The van der Waals surface area contributed by atoms with Gasteiger partial charge in [-0.3, -0.25) is 4.99 Å². The average Bonchev–Trinajstić information content (AvgIpc) is 2.98. The van der Waals surface area contributed by atoms with Crippen molar-refractivity contribution in [1.29, 1.82) is 0 Å². The third-order valence-electron chi connectivity index (χ3n) is 3.60. The Balaban J connectivity index is 1.71. The van der Waals surface area contributed by atoms with E-state index in [-0.39, 0.29) is 6.10 Å². The van der Waals surface area contributed by atoms with E-state index in [4.69, 9.17) is 10.5 Å². The van der Waals surface area contributed by atoms with Crippen LogP contribution in [-0.4, -0.2) is 31.8 Å². The Hall–Kier alpha value is -0.770. The number of aliphatic imine (C=N–C) groups is 1. The van der Waals surface area contributed by atoms with E-state index < -0.39 is 0 Å². The monoisotopic (exact) mass is 225 g/mol. The van der Waals surface area contributed by atoms with Gasteiger partial charge >= 0.3 is 0 Å². The number of hydrogen-bond acceptors (Lipinski definition) is 2. The topological polar surface area (TPSA) is 59.6 Å². The molecule has 1 atom stereocenters.